The van der Waals surface area contributed by atoms with Crippen molar-refractivity contribution in [2.45, 2.75) is 412 Å². The lowest BCUT2D eigenvalue weighted by Crippen LogP contribution is -2.30. The summed E-state index contributed by atoms with van der Waals surface area (Å²) in [7, 11) is -9.91. The van der Waals surface area contributed by atoms with Gasteiger partial charge in [-0.05, 0) is 31.6 Å². The van der Waals surface area contributed by atoms with Crippen molar-refractivity contribution in [1.82, 2.24) is 0 Å². The predicted octanol–water partition coefficient (Wildman–Crippen LogP) is 22.1. The topological polar surface area (TPSA) is 237 Å². The molecule has 0 rings (SSSR count). The molecule has 0 aromatic carbocycles. The van der Waals surface area contributed by atoms with Gasteiger partial charge in [-0.3, -0.25) is 37.3 Å². The number of ether oxygens (including phenoxy) is 4. The molecule has 0 aliphatic rings. The second kappa shape index (κ2) is 68.2. The summed E-state index contributed by atoms with van der Waals surface area (Å²) in [5.74, 6) is -1.31. The summed E-state index contributed by atoms with van der Waals surface area (Å²) in [5, 5.41) is 10.6. The van der Waals surface area contributed by atoms with Crippen LogP contribution in [-0.2, 0) is 65.4 Å². The molecule has 0 heterocycles. The fourth-order valence-electron chi connectivity index (χ4n) is 11.5. The Bertz CT molecular complexity index is 1810. The van der Waals surface area contributed by atoms with Gasteiger partial charge >= 0.3 is 39.5 Å². The number of rotatable bonds is 75. The molecule has 558 valence electrons. The second-order valence-corrected chi connectivity index (χ2v) is 30.4. The number of phosphoric acid groups is 2. The molecule has 0 aromatic heterocycles. The lowest BCUT2D eigenvalue weighted by atomic mass is 10.0. The molecule has 3 N–H and O–H groups in total. The van der Waals surface area contributed by atoms with Gasteiger partial charge in [0.15, 0.2) is 12.2 Å². The van der Waals surface area contributed by atoms with E-state index in [0.29, 0.717) is 25.7 Å². The lowest BCUT2D eigenvalue weighted by molar-refractivity contribution is -0.161. The molecule has 0 saturated heterocycles. The number of carbonyl (C=O) groups is 4. The van der Waals surface area contributed by atoms with Gasteiger partial charge in [0.2, 0.25) is 0 Å². The number of carbonyl (C=O) groups excluding carboxylic acids is 4. The fourth-order valence-corrected chi connectivity index (χ4v) is 13.1. The Morgan fingerprint density at radius 3 is 0.723 bits per heavy atom. The Morgan fingerprint density at radius 1 is 0.287 bits per heavy atom. The SMILES string of the molecule is CCCCCCCCCCCCCCCC(=O)OC[C@H](COP(=O)(O)OC[C@@H](O)COP(=O)(O)OC[C@@H](COC(=O)CCCCCCCCCCCC)OC(=O)CCCCCCCCCCCCCCC)OC(=O)CCCCCCCCCCCCCCCCCC(C)C. The van der Waals surface area contributed by atoms with Gasteiger partial charge in [0.25, 0.3) is 0 Å². The van der Waals surface area contributed by atoms with E-state index in [0.717, 1.165) is 95.8 Å². The van der Waals surface area contributed by atoms with E-state index in [1.54, 1.807) is 0 Å². The highest BCUT2D eigenvalue weighted by molar-refractivity contribution is 7.47. The van der Waals surface area contributed by atoms with E-state index < -0.39 is 97.5 Å². The highest BCUT2D eigenvalue weighted by Crippen LogP contribution is 2.45. The Morgan fingerprint density at radius 2 is 0.489 bits per heavy atom. The largest absolute Gasteiger partial charge is 0.472 e. The molecule has 0 spiro atoms. The zero-order valence-corrected chi connectivity index (χ0v) is 62.9. The maximum absolute atomic E-state index is 13.1. The minimum atomic E-state index is -4.96. The summed E-state index contributed by atoms with van der Waals surface area (Å²) in [4.78, 5) is 72.7. The minimum Gasteiger partial charge on any atom is -0.462 e. The monoisotopic (exact) mass is 1380 g/mol. The van der Waals surface area contributed by atoms with Gasteiger partial charge in [0.1, 0.15) is 19.3 Å². The molecule has 0 radical (unpaired) electrons. The standard InChI is InChI=1S/C75H146O17P2/c1-6-9-12-15-18-21-24-29-34-39-44-49-54-59-73(78)86-65-71(92-75(80)61-56-51-46-41-36-32-28-26-27-31-33-37-42-47-52-57-68(4)5)67-90-94(83,84)88-63-69(76)62-87-93(81,82)89-66-70(64-85-72(77)58-53-48-43-38-23-20-17-14-11-8-3)91-74(79)60-55-50-45-40-35-30-25-22-19-16-13-10-7-2/h68-71,76H,6-67H2,1-5H3,(H,81,82)(H,83,84)/t69-,70+,71+/m0/s1. The molecular formula is C75H146O17P2. The summed E-state index contributed by atoms with van der Waals surface area (Å²) in [6.45, 7) is 7.31. The van der Waals surface area contributed by atoms with Gasteiger partial charge in [-0.25, -0.2) is 9.13 Å². The first-order valence-electron chi connectivity index (χ1n) is 39.1. The van der Waals surface area contributed by atoms with Crippen molar-refractivity contribution in [2.75, 3.05) is 39.6 Å². The molecule has 0 aliphatic carbocycles. The normalized spacial score (nSPS) is 14.0. The van der Waals surface area contributed by atoms with Crippen molar-refractivity contribution < 1.29 is 80.2 Å². The highest BCUT2D eigenvalue weighted by atomic mass is 31.2. The highest BCUT2D eigenvalue weighted by Gasteiger charge is 2.30. The van der Waals surface area contributed by atoms with E-state index >= 15 is 0 Å². The third kappa shape index (κ3) is 68.6. The average molecular weight is 1380 g/mol. The zero-order chi connectivity index (χ0) is 69.1. The van der Waals surface area contributed by atoms with Crippen molar-refractivity contribution in [3.63, 3.8) is 0 Å². The smallest absolute Gasteiger partial charge is 0.462 e. The number of hydrogen-bond donors (Lipinski definition) is 3. The van der Waals surface area contributed by atoms with Gasteiger partial charge < -0.3 is 33.8 Å². The molecule has 2 unspecified atom stereocenters. The van der Waals surface area contributed by atoms with Gasteiger partial charge in [-0.15, -0.1) is 0 Å². The first-order chi connectivity index (χ1) is 45.5. The van der Waals surface area contributed by atoms with Gasteiger partial charge in [-0.2, -0.15) is 0 Å². The van der Waals surface area contributed by atoms with Crippen LogP contribution in [-0.4, -0.2) is 96.7 Å². The number of esters is 4. The van der Waals surface area contributed by atoms with Crippen LogP contribution in [0.5, 0.6) is 0 Å². The molecule has 0 aliphatic heterocycles. The number of aliphatic hydroxyl groups excluding tert-OH is 1. The zero-order valence-electron chi connectivity index (χ0n) is 61.1. The molecule has 0 bridgehead atoms. The predicted molar refractivity (Wildman–Crippen MR) is 382 cm³/mol. The first kappa shape index (κ1) is 92.1. The van der Waals surface area contributed by atoms with Crippen molar-refractivity contribution in [3.05, 3.63) is 0 Å². The van der Waals surface area contributed by atoms with E-state index in [2.05, 4.69) is 34.6 Å². The van der Waals surface area contributed by atoms with E-state index in [4.69, 9.17) is 37.0 Å². The summed E-state index contributed by atoms with van der Waals surface area (Å²) in [6.07, 6.45) is 56.7. The molecule has 0 aromatic rings. The van der Waals surface area contributed by atoms with Crippen molar-refractivity contribution in [2.24, 2.45) is 5.92 Å². The number of unbranched alkanes of at least 4 members (excludes halogenated alkanes) is 47. The van der Waals surface area contributed by atoms with Crippen LogP contribution in [0, 0.1) is 5.92 Å². The number of hydrogen-bond acceptors (Lipinski definition) is 15. The second-order valence-electron chi connectivity index (χ2n) is 27.5. The fraction of sp³-hybridized carbons (Fsp3) is 0.947. The van der Waals surface area contributed by atoms with Crippen molar-refractivity contribution in [1.29, 1.82) is 0 Å². The van der Waals surface area contributed by atoms with Crippen LogP contribution in [0.15, 0.2) is 0 Å². The summed E-state index contributed by atoms with van der Waals surface area (Å²) in [5.41, 5.74) is 0. The third-order valence-corrected chi connectivity index (χ3v) is 19.4. The van der Waals surface area contributed by atoms with Gasteiger partial charge in [0.05, 0.1) is 26.4 Å². The molecule has 5 atom stereocenters. The van der Waals surface area contributed by atoms with Crippen LogP contribution in [0.1, 0.15) is 394 Å². The maximum Gasteiger partial charge on any atom is 0.472 e. The molecule has 19 heteroatoms. The maximum atomic E-state index is 13.1. The number of aliphatic hydroxyl groups is 1. The number of phosphoric ester groups is 2. The lowest BCUT2D eigenvalue weighted by Gasteiger charge is -2.21. The Kier molecular flexibility index (Phi) is 66.8. The van der Waals surface area contributed by atoms with Gasteiger partial charge in [0, 0.05) is 25.7 Å². The van der Waals surface area contributed by atoms with E-state index in [1.807, 2.05) is 0 Å². The minimum absolute atomic E-state index is 0.108. The Hall–Kier alpha value is -1.94. The molecular weight excluding hydrogens is 1230 g/mol. The summed E-state index contributed by atoms with van der Waals surface area (Å²) in [6, 6.07) is 0. The molecule has 0 fully saturated rings. The van der Waals surface area contributed by atoms with Crippen LogP contribution < -0.4 is 0 Å². The first-order valence-corrected chi connectivity index (χ1v) is 42.1. The Balaban J connectivity index is 5.23. The quantitative estimate of drug-likeness (QED) is 0.0222. The van der Waals surface area contributed by atoms with Crippen LogP contribution in [0.2, 0.25) is 0 Å². The van der Waals surface area contributed by atoms with Crippen molar-refractivity contribution >= 4 is 39.5 Å². The van der Waals surface area contributed by atoms with Crippen LogP contribution >= 0.6 is 15.6 Å². The van der Waals surface area contributed by atoms with Crippen LogP contribution in [0.3, 0.4) is 0 Å². The van der Waals surface area contributed by atoms with E-state index in [1.165, 1.54) is 218 Å². The van der Waals surface area contributed by atoms with E-state index in [9.17, 15) is 43.2 Å². The summed E-state index contributed by atoms with van der Waals surface area (Å²) < 4.78 is 68.5. The molecule has 94 heavy (non-hydrogen) atoms. The van der Waals surface area contributed by atoms with E-state index in [-0.39, 0.29) is 25.7 Å². The van der Waals surface area contributed by atoms with Crippen LogP contribution in [0.25, 0.3) is 0 Å². The molecule has 0 amide bonds. The Labute approximate surface area is 575 Å². The molecule has 0 saturated carbocycles. The van der Waals surface area contributed by atoms with Crippen LogP contribution in [0.4, 0.5) is 0 Å². The van der Waals surface area contributed by atoms with Crippen molar-refractivity contribution in [3.8, 4) is 0 Å². The third-order valence-electron chi connectivity index (χ3n) is 17.5. The molecule has 17 nitrogen and oxygen atoms in total. The average Bonchev–Trinajstić information content (AvgIpc) is 1.32. The van der Waals surface area contributed by atoms with Gasteiger partial charge in [-0.1, -0.05) is 343 Å². The summed E-state index contributed by atoms with van der Waals surface area (Å²) >= 11 is 0.